The first-order valence-corrected chi connectivity index (χ1v) is 4.96. The number of nitrogens with zero attached hydrogens (tertiary/aromatic N) is 1. The Labute approximate surface area is 80.9 Å². The van der Waals surface area contributed by atoms with E-state index in [0.717, 1.165) is 18.0 Å². The van der Waals surface area contributed by atoms with Gasteiger partial charge in [0.25, 0.3) is 0 Å². The van der Waals surface area contributed by atoms with Crippen molar-refractivity contribution in [3.63, 3.8) is 0 Å². The van der Waals surface area contributed by atoms with Gasteiger partial charge in [-0.25, -0.2) is 0 Å². The van der Waals surface area contributed by atoms with Crippen LogP contribution in [0.4, 0.5) is 0 Å². The van der Waals surface area contributed by atoms with E-state index in [0.29, 0.717) is 0 Å². The fourth-order valence-corrected chi connectivity index (χ4v) is 1.09. The van der Waals surface area contributed by atoms with Gasteiger partial charge in [-0.3, -0.25) is 4.99 Å². The summed E-state index contributed by atoms with van der Waals surface area (Å²) < 4.78 is 0. The molecule has 2 nitrogen and oxygen atoms in total. The molecule has 0 aromatic heterocycles. The van der Waals surface area contributed by atoms with E-state index in [4.69, 9.17) is 5.73 Å². The highest BCUT2D eigenvalue weighted by atomic mass is 14.7. The van der Waals surface area contributed by atoms with Crippen molar-refractivity contribution in [1.29, 1.82) is 0 Å². The van der Waals surface area contributed by atoms with Crippen molar-refractivity contribution < 1.29 is 0 Å². The average molecular weight is 180 g/mol. The molecule has 1 aliphatic carbocycles. The van der Waals surface area contributed by atoms with Crippen LogP contribution in [0.1, 0.15) is 33.6 Å². The molecule has 1 aliphatic rings. The van der Waals surface area contributed by atoms with Crippen LogP contribution in [0, 0.1) is 11.3 Å². The van der Waals surface area contributed by atoms with Gasteiger partial charge in [0.15, 0.2) is 0 Å². The van der Waals surface area contributed by atoms with Gasteiger partial charge >= 0.3 is 0 Å². The first-order chi connectivity index (χ1) is 6.04. The molecular weight excluding hydrogens is 160 g/mol. The van der Waals surface area contributed by atoms with Crippen molar-refractivity contribution in [2.45, 2.75) is 33.6 Å². The monoisotopic (exact) mass is 180 g/mol. The van der Waals surface area contributed by atoms with Crippen molar-refractivity contribution in [2.75, 3.05) is 6.54 Å². The molecule has 0 aromatic carbocycles. The highest BCUT2D eigenvalue weighted by Crippen LogP contribution is 2.29. The Kier molecular flexibility index (Phi) is 3.12. The topological polar surface area (TPSA) is 38.4 Å². The summed E-state index contributed by atoms with van der Waals surface area (Å²) in [7, 11) is 0. The molecule has 2 heteroatoms. The molecule has 0 heterocycles. The molecule has 2 N–H and O–H groups in total. The Balaban J connectivity index is 2.43. The molecule has 0 unspecified atom stereocenters. The smallest absolute Gasteiger partial charge is 0.0417 e. The summed E-state index contributed by atoms with van der Waals surface area (Å²) in [4.78, 5) is 4.40. The summed E-state index contributed by atoms with van der Waals surface area (Å²) in [6.45, 7) is 7.42. The molecule has 1 saturated carbocycles. The summed E-state index contributed by atoms with van der Waals surface area (Å²) in [5.74, 6) is 0.857. The summed E-state index contributed by atoms with van der Waals surface area (Å²) >= 11 is 0. The third kappa shape index (κ3) is 3.62. The molecule has 1 rings (SSSR count). The van der Waals surface area contributed by atoms with Crippen LogP contribution in [-0.4, -0.2) is 12.8 Å². The summed E-state index contributed by atoms with van der Waals surface area (Å²) in [5, 5.41) is 0. The normalized spacial score (nSPS) is 19.8. The molecular formula is C11H20N2. The molecule has 0 amide bonds. The standard InChI is InChI=1S/C11H20N2/c1-11(2,3)10(6-12)8-13-7-9-4-5-9/h6,8-9H,4-5,7,12H2,1-3H3/b10-6+,13-8?. The van der Waals surface area contributed by atoms with Crippen LogP contribution in [0.3, 0.4) is 0 Å². The number of aliphatic imine (C=N–C) groups is 1. The third-order valence-electron chi connectivity index (χ3n) is 2.34. The fraction of sp³-hybridized carbons (Fsp3) is 0.727. The minimum absolute atomic E-state index is 0.113. The Morgan fingerprint density at radius 2 is 2.08 bits per heavy atom. The molecule has 0 radical (unpaired) electrons. The molecule has 13 heavy (non-hydrogen) atoms. The van der Waals surface area contributed by atoms with Gasteiger partial charge in [0, 0.05) is 12.8 Å². The summed E-state index contributed by atoms with van der Waals surface area (Å²) in [6, 6.07) is 0. The number of nitrogens with two attached hydrogens (primary N) is 1. The first-order valence-electron chi connectivity index (χ1n) is 4.96. The lowest BCUT2D eigenvalue weighted by molar-refractivity contribution is 0.525. The van der Waals surface area contributed by atoms with Gasteiger partial charge in [-0.05, 0) is 35.9 Å². The molecule has 0 aliphatic heterocycles. The second-order valence-corrected chi connectivity index (χ2v) is 4.81. The molecule has 1 fully saturated rings. The lowest BCUT2D eigenvalue weighted by Crippen LogP contribution is -2.12. The van der Waals surface area contributed by atoms with Crippen LogP contribution in [-0.2, 0) is 0 Å². The van der Waals surface area contributed by atoms with E-state index in [1.54, 1.807) is 6.20 Å². The van der Waals surface area contributed by atoms with E-state index >= 15 is 0 Å². The SMILES string of the molecule is CC(C)(C)/C(C=NCC1CC1)=C/N. The van der Waals surface area contributed by atoms with Gasteiger partial charge in [-0.15, -0.1) is 0 Å². The number of rotatable bonds is 3. The zero-order valence-electron chi connectivity index (χ0n) is 8.88. The second kappa shape index (κ2) is 3.95. The summed E-state index contributed by atoms with van der Waals surface area (Å²) in [5.41, 5.74) is 6.77. The largest absolute Gasteiger partial charge is 0.404 e. The maximum Gasteiger partial charge on any atom is 0.0417 e. The molecule has 74 valence electrons. The zero-order chi connectivity index (χ0) is 9.90. The van der Waals surface area contributed by atoms with E-state index in [-0.39, 0.29) is 5.41 Å². The third-order valence-corrected chi connectivity index (χ3v) is 2.34. The minimum Gasteiger partial charge on any atom is -0.404 e. The Hall–Kier alpha value is -0.790. The quantitative estimate of drug-likeness (QED) is 0.665. The maximum atomic E-state index is 5.54. The van der Waals surface area contributed by atoms with Gasteiger partial charge in [0.05, 0.1) is 0 Å². The van der Waals surface area contributed by atoms with Gasteiger partial charge in [-0.1, -0.05) is 20.8 Å². The molecule has 0 saturated heterocycles. The van der Waals surface area contributed by atoms with Crippen LogP contribution in [0.5, 0.6) is 0 Å². The predicted molar refractivity (Wildman–Crippen MR) is 57.8 cm³/mol. The van der Waals surface area contributed by atoms with Gasteiger partial charge in [-0.2, -0.15) is 0 Å². The molecule has 0 aromatic rings. The molecule has 0 bridgehead atoms. The van der Waals surface area contributed by atoms with Crippen LogP contribution in [0.25, 0.3) is 0 Å². The Morgan fingerprint density at radius 1 is 1.46 bits per heavy atom. The van der Waals surface area contributed by atoms with E-state index < -0.39 is 0 Å². The van der Waals surface area contributed by atoms with E-state index in [1.807, 2.05) is 6.21 Å². The van der Waals surface area contributed by atoms with E-state index in [2.05, 4.69) is 25.8 Å². The molecule has 0 spiro atoms. The van der Waals surface area contributed by atoms with Crippen molar-refractivity contribution in [1.82, 2.24) is 0 Å². The highest BCUT2D eigenvalue weighted by molar-refractivity contribution is 5.79. The Morgan fingerprint density at radius 3 is 2.46 bits per heavy atom. The van der Waals surface area contributed by atoms with Crippen molar-refractivity contribution >= 4 is 6.21 Å². The van der Waals surface area contributed by atoms with E-state index in [1.165, 1.54) is 12.8 Å². The second-order valence-electron chi connectivity index (χ2n) is 4.81. The van der Waals surface area contributed by atoms with Crippen LogP contribution in [0.15, 0.2) is 16.8 Å². The minimum atomic E-state index is 0.113. The van der Waals surface area contributed by atoms with Crippen molar-refractivity contribution in [2.24, 2.45) is 22.1 Å². The van der Waals surface area contributed by atoms with Gasteiger partial charge in [0.2, 0.25) is 0 Å². The fourth-order valence-electron chi connectivity index (χ4n) is 1.09. The zero-order valence-corrected chi connectivity index (χ0v) is 8.88. The predicted octanol–water partition coefficient (Wildman–Crippen LogP) is 2.36. The first kappa shape index (κ1) is 10.3. The van der Waals surface area contributed by atoms with Crippen LogP contribution < -0.4 is 5.73 Å². The van der Waals surface area contributed by atoms with Crippen molar-refractivity contribution in [3.05, 3.63) is 11.8 Å². The number of hydrogen-bond donors (Lipinski definition) is 1. The lowest BCUT2D eigenvalue weighted by Gasteiger charge is -2.18. The number of hydrogen-bond acceptors (Lipinski definition) is 2. The van der Waals surface area contributed by atoms with Gasteiger partial charge in [0.1, 0.15) is 0 Å². The molecule has 0 atom stereocenters. The average Bonchev–Trinajstić information content (AvgIpc) is 2.78. The van der Waals surface area contributed by atoms with Gasteiger partial charge < -0.3 is 5.73 Å². The van der Waals surface area contributed by atoms with Crippen molar-refractivity contribution in [3.8, 4) is 0 Å². The van der Waals surface area contributed by atoms with Crippen LogP contribution in [0.2, 0.25) is 0 Å². The maximum absolute atomic E-state index is 5.54. The summed E-state index contributed by atoms with van der Waals surface area (Å²) in [6.07, 6.45) is 6.30. The van der Waals surface area contributed by atoms with Crippen LogP contribution >= 0.6 is 0 Å². The highest BCUT2D eigenvalue weighted by Gasteiger charge is 2.20. The lowest BCUT2D eigenvalue weighted by atomic mass is 9.88. The van der Waals surface area contributed by atoms with E-state index in [9.17, 15) is 0 Å². The number of allylic oxidation sites excluding steroid dienone is 1. The Bertz CT molecular complexity index is 217.